The van der Waals surface area contributed by atoms with Gasteiger partial charge in [-0.1, -0.05) is 12.5 Å². The fraction of sp³-hybridized carbons (Fsp3) is 0.667. The van der Waals surface area contributed by atoms with E-state index in [2.05, 4.69) is 27.5 Å². The van der Waals surface area contributed by atoms with Crippen molar-refractivity contribution >= 4 is 17.8 Å². The van der Waals surface area contributed by atoms with E-state index in [1.807, 2.05) is 35.0 Å². The molecule has 132 valence electrons. The fourth-order valence-electron chi connectivity index (χ4n) is 3.59. The molecule has 2 aliphatic rings. The van der Waals surface area contributed by atoms with Gasteiger partial charge in [0.05, 0.1) is 5.69 Å². The van der Waals surface area contributed by atoms with Crippen LogP contribution in [0.5, 0.6) is 0 Å². The van der Waals surface area contributed by atoms with Gasteiger partial charge in [0.15, 0.2) is 0 Å². The lowest BCUT2D eigenvalue weighted by Crippen LogP contribution is -2.53. The summed E-state index contributed by atoms with van der Waals surface area (Å²) in [6.07, 6.45) is 8.78. The van der Waals surface area contributed by atoms with Gasteiger partial charge in [0, 0.05) is 50.2 Å². The van der Waals surface area contributed by atoms with Crippen LogP contribution in [0.3, 0.4) is 0 Å². The molecule has 5 nitrogen and oxygen atoms in total. The number of carbonyl (C=O) groups excluding carboxylic acids is 1. The number of rotatable bonds is 4. The Balaban J connectivity index is 1.42. The number of pyridine rings is 1. The van der Waals surface area contributed by atoms with E-state index in [9.17, 15) is 4.79 Å². The van der Waals surface area contributed by atoms with Crippen molar-refractivity contribution in [3.8, 4) is 0 Å². The van der Waals surface area contributed by atoms with Crippen LogP contribution in [0.25, 0.3) is 0 Å². The summed E-state index contributed by atoms with van der Waals surface area (Å²) in [4.78, 5) is 21.2. The van der Waals surface area contributed by atoms with Crippen molar-refractivity contribution in [1.29, 1.82) is 0 Å². The Hall–Kier alpha value is -1.27. The molecule has 1 saturated carbocycles. The minimum Gasteiger partial charge on any atom is -0.335 e. The number of hydrogen-bond donors (Lipinski definition) is 1. The first-order valence-corrected chi connectivity index (χ1v) is 10.2. The number of carbonyl (C=O) groups is 1. The minimum absolute atomic E-state index is 0.124. The molecule has 0 spiro atoms. The summed E-state index contributed by atoms with van der Waals surface area (Å²) < 4.78 is 0. The summed E-state index contributed by atoms with van der Waals surface area (Å²) in [5.41, 5.74) is 1.10. The molecule has 0 aromatic carbocycles. The maximum Gasteiger partial charge on any atom is 0.317 e. The van der Waals surface area contributed by atoms with Gasteiger partial charge in [-0.2, -0.15) is 11.8 Å². The first-order chi connectivity index (χ1) is 11.7. The second-order valence-corrected chi connectivity index (χ2v) is 7.89. The molecule has 3 rings (SSSR count). The zero-order valence-corrected chi connectivity index (χ0v) is 15.3. The Bertz CT molecular complexity index is 519. The Kier molecular flexibility index (Phi) is 6.37. The molecule has 0 bridgehead atoms. The average Bonchev–Trinajstić information content (AvgIpc) is 2.63. The zero-order valence-electron chi connectivity index (χ0n) is 14.5. The molecule has 2 amide bonds. The van der Waals surface area contributed by atoms with Crippen LogP contribution in [-0.2, 0) is 6.54 Å². The van der Waals surface area contributed by atoms with Gasteiger partial charge in [-0.3, -0.25) is 9.88 Å². The topological polar surface area (TPSA) is 48.5 Å². The van der Waals surface area contributed by atoms with Crippen LogP contribution < -0.4 is 5.32 Å². The number of nitrogens with zero attached hydrogens (tertiary/aromatic N) is 3. The molecule has 1 saturated heterocycles. The van der Waals surface area contributed by atoms with Crippen molar-refractivity contribution < 1.29 is 4.79 Å². The Morgan fingerprint density at radius 2 is 2.12 bits per heavy atom. The Morgan fingerprint density at radius 3 is 2.83 bits per heavy atom. The number of thioether (sulfide) groups is 1. The smallest absolute Gasteiger partial charge is 0.317 e. The molecule has 0 radical (unpaired) electrons. The first kappa shape index (κ1) is 17.5. The van der Waals surface area contributed by atoms with E-state index in [0.29, 0.717) is 11.3 Å². The van der Waals surface area contributed by atoms with E-state index in [1.54, 1.807) is 0 Å². The normalized spacial score (nSPS) is 25.5. The third-order valence-corrected chi connectivity index (χ3v) is 6.15. The number of urea groups is 1. The van der Waals surface area contributed by atoms with Crippen LogP contribution in [0, 0.1) is 0 Å². The summed E-state index contributed by atoms with van der Waals surface area (Å²) >= 11 is 1.94. The SMILES string of the molecule is CS[C@@H]1CCC[C@H](NC(=O)N2CCN(Cc3ccccn3)CC2)C1. The first-order valence-electron chi connectivity index (χ1n) is 8.95. The third-order valence-electron chi connectivity index (χ3n) is 5.06. The molecule has 2 atom stereocenters. The van der Waals surface area contributed by atoms with E-state index in [4.69, 9.17) is 0 Å². The maximum absolute atomic E-state index is 12.5. The van der Waals surface area contributed by atoms with E-state index >= 15 is 0 Å². The summed E-state index contributed by atoms with van der Waals surface area (Å²) in [5, 5.41) is 3.97. The molecule has 1 aliphatic heterocycles. The van der Waals surface area contributed by atoms with Crippen molar-refractivity contribution in [3.05, 3.63) is 30.1 Å². The summed E-state index contributed by atoms with van der Waals surface area (Å²) in [6, 6.07) is 6.51. The number of amides is 2. The molecule has 0 unspecified atom stereocenters. The van der Waals surface area contributed by atoms with E-state index in [-0.39, 0.29) is 6.03 Å². The highest BCUT2D eigenvalue weighted by Gasteiger charge is 2.26. The van der Waals surface area contributed by atoms with Crippen molar-refractivity contribution in [1.82, 2.24) is 20.1 Å². The summed E-state index contributed by atoms with van der Waals surface area (Å²) in [7, 11) is 0. The average molecular weight is 349 g/mol. The van der Waals surface area contributed by atoms with E-state index < -0.39 is 0 Å². The predicted octanol–water partition coefficient (Wildman–Crippen LogP) is 2.58. The predicted molar refractivity (Wildman–Crippen MR) is 99.2 cm³/mol. The van der Waals surface area contributed by atoms with Gasteiger partial charge in [0.2, 0.25) is 0 Å². The van der Waals surface area contributed by atoms with Crippen LogP contribution in [0.15, 0.2) is 24.4 Å². The zero-order chi connectivity index (χ0) is 16.8. The van der Waals surface area contributed by atoms with Crippen LogP contribution in [0.2, 0.25) is 0 Å². The minimum atomic E-state index is 0.124. The molecule has 1 aliphatic carbocycles. The van der Waals surface area contributed by atoms with Gasteiger partial charge >= 0.3 is 6.03 Å². The fourth-order valence-corrected chi connectivity index (χ4v) is 4.41. The van der Waals surface area contributed by atoms with Gasteiger partial charge in [0.25, 0.3) is 0 Å². The quantitative estimate of drug-likeness (QED) is 0.909. The van der Waals surface area contributed by atoms with Gasteiger partial charge in [-0.15, -0.1) is 0 Å². The largest absolute Gasteiger partial charge is 0.335 e. The molecular formula is C18H28N4OS. The van der Waals surface area contributed by atoms with Crippen molar-refractivity contribution in [2.75, 3.05) is 32.4 Å². The molecule has 2 heterocycles. The lowest BCUT2D eigenvalue weighted by atomic mass is 9.95. The lowest BCUT2D eigenvalue weighted by Gasteiger charge is -2.36. The van der Waals surface area contributed by atoms with Crippen molar-refractivity contribution in [3.63, 3.8) is 0 Å². The molecule has 2 fully saturated rings. The van der Waals surface area contributed by atoms with Crippen LogP contribution in [0.4, 0.5) is 4.79 Å². The molecular weight excluding hydrogens is 320 g/mol. The lowest BCUT2D eigenvalue weighted by molar-refractivity contribution is 0.131. The summed E-state index contributed by atoms with van der Waals surface area (Å²) in [5.74, 6) is 0. The maximum atomic E-state index is 12.5. The van der Waals surface area contributed by atoms with Gasteiger partial charge in [-0.25, -0.2) is 4.79 Å². The highest BCUT2D eigenvalue weighted by molar-refractivity contribution is 7.99. The van der Waals surface area contributed by atoms with Crippen molar-refractivity contribution in [2.24, 2.45) is 0 Å². The standard InChI is InChI=1S/C18H28N4OS/c1-24-17-7-4-6-15(13-17)20-18(23)22-11-9-21(10-12-22)14-16-5-2-3-8-19-16/h2-3,5,8,15,17H,4,6-7,9-14H2,1H3,(H,20,23)/t15-,17+/m0/s1. The Morgan fingerprint density at radius 1 is 1.29 bits per heavy atom. The van der Waals surface area contributed by atoms with Crippen LogP contribution >= 0.6 is 11.8 Å². The monoisotopic (exact) mass is 348 g/mol. The van der Waals surface area contributed by atoms with Gasteiger partial charge in [-0.05, 0) is 37.7 Å². The van der Waals surface area contributed by atoms with Gasteiger partial charge in [0.1, 0.15) is 0 Å². The third kappa shape index (κ3) is 4.86. The van der Waals surface area contributed by atoms with Crippen molar-refractivity contribution in [2.45, 2.75) is 43.5 Å². The highest BCUT2D eigenvalue weighted by atomic mass is 32.2. The van der Waals surface area contributed by atoms with E-state index in [1.165, 1.54) is 12.8 Å². The van der Waals surface area contributed by atoms with Gasteiger partial charge < -0.3 is 10.2 Å². The number of aromatic nitrogens is 1. The molecule has 1 aromatic rings. The van der Waals surface area contributed by atoms with Crippen LogP contribution in [0.1, 0.15) is 31.4 Å². The second kappa shape index (κ2) is 8.72. The molecule has 1 N–H and O–H groups in total. The summed E-state index contributed by atoms with van der Waals surface area (Å²) in [6.45, 7) is 4.31. The highest BCUT2D eigenvalue weighted by Crippen LogP contribution is 2.27. The Labute approximate surface area is 149 Å². The van der Waals surface area contributed by atoms with Crippen LogP contribution in [-0.4, -0.2) is 64.5 Å². The number of piperazine rings is 1. The number of nitrogens with one attached hydrogen (secondary N) is 1. The molecule has 6 heteroatoms. The number of hydrogen-bond acceptors (Lipinski definition) is 4. The molecule has 1 aromatic heterocycles. The molecule has 24 heavy (non-hydrogen) atoms. The second-order valence-electron chi connectivity index (χ2n) is 6.76. The van der Waals surface area contributed by atoms with E-state index in [0.717, 1.165) is 51.3 Å².